The zero-order valence-corrected chi connectivity index (χ0v) is 9.39. The zero-order valence-electron chi connectivity index (χ0n) is 9.39. The number of benzene rings is 1. The second-order valence-electron chi connectivity index (χ2n) is 3.44. The van der Waals surface area contributed by atoms with Gasteiger partial charge in [-0.05, 0) is 12.5 Å². The van der Waals surface area contributed by atoms with Crippen LogP contribution in [0.2, 0.25) is 0 Å². The SMILES string of the molecule is C#CCN(CC)C(=O)C(N)c1ccccc1. The predicted octanol–water partition coefficient (Wildman–Crippen LogP) is 1.17. The molecule has 1 amide bonds. The molecule has 1 atom stereocenters. The van der Waals surface area contributed by atoms with Crippen LogP contribution in [0.25, 0.3) is 0 Å². The molecule has 1 aromatic carbocycles. The highest BCUT2D eigenvalue weighted by Gasteiger charge is 2.20. The number of amides is 1. The summed E-state index contributed by atoms with van der Waals surface area (Å²) in [5, 5.41) is 0. The number of rotatable bonds is 4. The van der Waals surface area contributed by atoms with Crippen LogP contribution in [-0.2, 0) is 4.79 Å². The second-order valence-corrected chi connectivity index (χ2v) is 3.44. The highest BCUT2D eigenvalue weighted by atomic mass is 16.2. The smallest absolute Gasteiger partial charge is 0.244 e. The van der Waals surface area contributed by atoms with Crippen LogP contribution in [0.15, 0.2) is 30.3 Å². The summed E-state index contributed by atoms with van der Waals surface area (Å²) in [7, 11) is 0. The zero-order chi connectivity index (χ0) is 12.0. The van der Waals surface area contributed by atoms with Gasteiger partial charge in [-0.25, -0.2) is 0 Å². The van der Waals surface area contributed by atoms with Gasteiger partial charge in [-0.3, -0.25) is 4.79 Å². The fourth-order valence-electron chi connectivity index (χ4n) is 1.46. The van der Waals surface area contributed by atoms with Crippen molar-refractivity contribution in [1.29, 1.82) is 0 Å². The molecule has 3 nitrogen and oxygen atoms in total. The van der Waals surface area contributed by atoms with E-state index in [1.165, 1.54) is 0 Å². The summed E-state index contributed by atoms with van der Waals surface area (Å²) < 4.78 is 0. The van der Waals surface area contributed by atoms with Gasteiger partial charge in [0.25, 0.3) is 0 Å². The fraction of sp³-hybridized carbons (Fsp3) is 0.308. The summed E-state index contributed by atoms with van der Waals surface area (Å²) in [6.07, 6.45) is 5.20. The average Bonchev–Trinajstić information content (AvgIpc) is 2.35. The van der Waals surface area contributed by atoms with Crippen molar-refractivity contribution in [3.63, 3.8) is 0 Å². The predicted molar refractivity (Wildman–Crippen MR) is 64.5 cm³/mol. The summed E-state index contributed by atoms with van der Waals surface area (Å²) >= 11 is 0. The number of carbonyl (C=O) groups is 1. The van der Waals surface area contributed by atoms with E-state index in [0.717, 1.165) is 5.56 Å². The van der Waals surface area contributed by atoms with Crippen molar-refractivity contribution in [3.05, 3.63) is 35.9 Å². The Hall–Kier alpha value is -1.79. The van der Waals surface area contributed by atoms with Gasteiger partial charge in [0.15, 0.2) is 0 Å². The first kappa shape index (κ1) is 12.3. The number of nitrogens with two attached hydrogens (primary N) is 1. The molecule has 0 radical (unpaired) electrons. The Balaban J connectivity index is 2.78. The Kier molecular flexibility index (Phi) is 4.56. The van der Waals surface area contributed by atoms with Crippen molar-refractivity contribution in [1.82, 2.24) is 4.90 Å². The molecule has 0 bridgehead atoms. The molecular formula is C13H16N2O. The third-order valence-corrected chi connectivity index (χ3v) is 2.40. The first-order valence-corrected chi connectivity index (χ1v) is 5.23. The van der Waals surface area contributed by atoms with Crippen molar-refractivity contribution < 1.29 is 4.79 Å². The van der Waals surface area contributed by atoms with Gasteiger partial charge >= 0.3 is 0 Å². The maximum absolute atomic E-state index is 12.0. The van der Waals surface area contributed by atoms with Gasteiger partial charge in [-0.15, -0.1) is 6.42 Å². The number of carbonyl (C=O) groups excluding carboxylic acids is 1. The van der Waals surface area contributed by atoms with Crippen LogP contribution in [0.4, 0.5) is 0 Å². The van der Waals surface area contributed by atoms with Gasteiger partial charge in [0.1, 0.15) is 6.04 Å². The molecule has 0 aliphatic heterocycles. The Morgan fingerprint density at radius 1 is 1.50 bits per heavy atom. The van der Waals surface area contributed by atoms with Crippen LogP contribution < -0.4 is 5.73 Å². The minimum Gasteiger partial charge on any atom is -0.330 e. The summed E-state index contributed by atoms with van der Waals surface area (Å²) in [5.41, 5.74) is 6.69. The largest absolute Gasteiger partial charge is 0.330 e. The van der Waals surface area contributed by atoms with Gasteiger partial charge in [-0.2, -0.15) is 0 Å². The van der Waals surface area contributed by atoms with Crippen molar-refractivity contribution in [2.24, 2.45) is 5.73 Å². The van der Waals surface area contributed by atoms with E-state index in [2.05, 4.69) is 5.92 Å². The van der Waals surface area contributed by atoms with Crippen molar-refractivity contribution in [3.8, 4) is 12.3 Å². The van der Waals surface area contributed by atoms with E-state index in [1.54, 1.807) is 4.90 Å². The number of hydrogen-bond donors (Lipinski definition) is 1. The number of terminal acetylenes is 1. The van der Waals surface area contributed by atoms with Crippen LogP contribution in [0, 0.1) is 12.3 Å². The maximum Gasteiger partial charge on any atom is 0.244 e. The normalized spacial score (nSPS) is 11.6. The highest BCUT2D eigenvalue weighted by molar-refractivity contribution is 5.83. The van der Waals surface area contributed by atoms with Gasteiger partial charge in [0, 0.05) is 6.54 Å². The maximum atomic E-state index is 12.0. The third-order valence-electron chi connectivity index (χ3n) is 2.40. The molecule has 0 aliphatic carbocycles. The van der Waals surface area contributed by atoms with Crippen LogP contribution in [0.3, 0.4) is 0 Å². The van der Waals surface area contributed by atoms with E-state index >= 15 is 0 Å². The van der Waals surface area contributed by atoms with Crippen LogP contribution >= 0.6 is 0 Å². The monoisotopic (exact) mass is 216 g/mol. The van der Waals surface area contributed by atoms with Gasteiger partial charge in [0.2, 0.25) is 5.91 Å². The molecule has 0 heterocycles. The van der Waals surface area contributed by atoms with Gasteiger partial charge < -0.3 is 10.6 Å². The lowest BCUT2D eigenvalue weighted by Gasteiger charge is -2.22. The second kappa shape index (κ2) is 5.94. The summed E-state index contributed by atoms with van der Waals surface area (Å²) in [4.78, 5) is 13.5. The molecule has 16 heavy (non-hydrogen) atoms. The first-order chi connectivity index (χ1) is 7.70. The summed E-state index contributed by atoms with van der Waals surface area (Å²) in [6.45, 7) is 2.76. The summed E-state index contributed by atoms with van der Waals surface area (Å²) in [5.74, 6) is 2.32. The molecule has 0 fully saturated rings. The Bertz CT molecular complexity index is 381. The van der Waals surface area contributed by atoms with E-state index in [1.807, 2.05) is 37.3 Å². The van der Waals surface area contributed by atoms with E-state index in [0.29, 0.717) is 13.1 Å². The molecule has 3 heteroatoms. The van der Waals surface area contributed by atoms with E-state index in [9.17, 15) is 4.79 Å². The standard InChI is InChI=1S/C13H16N2O/c1-3-10-15(4-2)13(16)12(14)11-8-6-5-7-9-11/h1,5-9,12H,4,10,14H2,2H3. The molecule has 84 valence electrons. The molecule has 1 rings (SSSR count). The van der Waals surface area contributed by atoms with Crippen LogP contribution in [-0.4, -0.2) is 23.9 Å². The van der Waals surface area contributed by atoms with E-state index in [4.69, 9.17) is 12.2 Å². The lowest BCUT2D eigenvalue weighted by atomic mass is 10.1. The topological polar surface area (TPSA) is 46.3 Å². The Morgan fingerprint density at radius 2 is 2.12 bits per heavy atom. The Labute approximate surface area is 96.2 Å². The lowest BCUT2D eigenvalue weighted by molar-refractivity contribution is -0.131. The first-order valence-electron chi connectivity index (χ1n) is 5.23. The molecule has 0 aliphatic rings. The van der Waals surface area contributed by atoms with Crippen molar-refractivity contribution >= 4 is 5.91 Å². The van der Waals surface area contributed by atoms with Crippen LogP contribution in [0.5, 0.6) is 0 Å². The molecule has 0 aromatic heterocycles. The van der Waals surface area contributed by atoms with Crippen molar-refractivity contribution in [2.75, 3.05) is 13.1 Å². The van der Waals surface area contributed by atoms with E-state index in [-0.39, 0.29) is 5.91 Å². The molecule has 0 saturated carbocycles. The fourth-order valence-corrected chi connectivity index (χ4v) is 1.46. The average molecular weight is 216 g/mol. The lowest BCUT2D eigenvalue weighted by Crippen LogP contribution is -2.38. The van der Waals surface area contributed by atoms with Crippen LogP contribution in [0.1, 0.15) is 18.5 Å². The van der Waals surface area contributed by atoms with Gasteiger partial charge in [-0.1, -0.05) is 36.3 Å². The molecule has 1 unspecified atom stereocenters. The minimum atomic E-state index is -0.630. The molecule has 0 spiro atoms. The molecule has 0 saturated heterocycles. The molecule has 2 N–H and O–H groups in total. The third kappa shape index (κ3) is 2.85. The van der Waals surface area contributed by atoms with E-state index < -0.39 is 6.04 Å². The Morgan fingerprint density at radius 3 is 2.62 bits per heavy atom. The number of nitrogens with zero attached hydrogens (tertiary/aromatic N) is 1. The van der Waals surface area contributed by atoms with Crippen molar-refractivity contribution in [2.45, 2.75) is 13.0 Å². The quantitative estimate of drug-likeness (QED) is 0.768. The minimum absolute atomic E-state index is 0.133. The molecule has 1 aromatic rings. The highest BCUT2D eigenvalue weighted by Crippen LogP contribution is 2.12. The summed E-state index contributed by atoms with van der Waals surface area (Å²) in [6, 6.07) is 8.66. The number of hydrogen-bond acceptors (Lipinski definition) is 2. The van der Waals surface area contributed by atoms with Gasteiger partial charge in [0.05, 0.1) is 6.54 Å². The number of likely N-dealkylation sites (N-methyl/N-ethyl adjacent to an activating group) is 1. The molecular weight excluding hydrogens is 200 g/mol.